The molecule has 0 aliphatic rings. The molecule has 0 radical (unpaired) electrons. The molecule has 6 heteroatoms. The van der Waals surface area contributed by atoms with E-state index in [4.69, 9.17) is 21.9 Å². The van der Waals surface area contributed by atoms with Gasteiger partial charge in [-0.2, -0.15) is 0 Å². The van der Waals surface area contributed by atoms with Crippen molar-refractivity contribution in [2.45, 2.75) is 0 Å². The first kappa shape index (κ1) is 13.8. The van der Waals surface area contributed by atoms with Crippen molar-refractivity contribution < 1.29 is 31.4 Å². The summed E-state index contributed by atoms with van der Waals surface area (Å²) in [7, 11) is 0.552. The molecule has 0 unspecified atom stereocenters. The van der Waals surface area contributed by atoms with Gasteiger partial charge in [0.25, 0.3) is 21.1 Å². The molecular weight excluding hydrogens is 290 g/mol. The minimum atomic E-state index is -4.01. The van der Waals surface area contributed by atoms with Crippen LogP contribution in [-0.2, 0) is 10.9 Å². The molecule has 0 aliphatic heterocycles. The second-order valence-corrected chi connectivity index (χ2v) is 5.40. The van der Waals surface area contributed by atoms with Gasteiger partial charge >= 0.3 is 0 Å². The van der Waals surface area contributed by atoms with E-state index in [1.54, 1.807) is 0 Å². The molecule has 0 N–H and O–H groups in total. The molecule has 0 atom stereocenters. The van der Waals surface area contributed by atoms with E-state index in [9.17, 15) is 0 Å². The topological polar surface area (TPSA) is 69.2 Å². The summed E-state index contributed by atoms with van der Waals surface area (Å²) in [6.45, 7) is 0. The first-order valence-electron chi connectivity index (χ1n) is 2.34. The highest BCUT2D eigenvalue weighted by atomic mass is 127. The number of hydrogen-bond donors (Lipinski definition) is 0. The molecule has 0 aliphatic carbocycles. The summed E-state index contributed by atoms with van der Waals surface area (Å²) in [5, 5.41) is 0. The third-order valence-corrected chi connectivity index (χ3v) is 1.92. The van der Waals surface area contributed by atoms with Crippen molar-refractivity contribution in [3.63, 3.8) is 0 Å². The van der Waals surface area contributed by atoms with Crippen molar-refractivity contribution in [1.82, 2.24) is 0 Å². The summed E-state index contributed by atoms with van der Waals surface area (Å²) < 4.78 is 25.7. The lowest BCUT2D eigenvalue weighted by Gasteiger charge is -1.85. The van der Waals surface area contributed by atoms with Gasteiger partial charge in [0.05, 0.1) is 18.4 Å². The monoisotopic (exact) mass is 300 g/mol. The van der Waals surface area contributed by atoms with Crippen molar-refractivity contribution in [3.8, 4) is 0 Å². The van der Waals surface area contributed by atoms with Gasteiger partial charge in [0, 0.05) is 0 Å². The molecular formula is C4H10ClIO3S. The summed E-state index contributed by atoms with van der Waals surface area (Å²) in [5.74, 6) is 1.98. The zero-order chi connectivity index (χ0) is 8.57. The Morgan fingerprint density at radius 3 is 1.60 bits per heavy atom. The van der Waals surface area contributed by atoms with Gasteiger partial charge in [-0.25, -0.2) is 0 Å². The Bertz CT molecular complexity index is 61.7. The Morgan fingerprint density at radius 1 is 1.30 bits per heavy atom. The average Bonchev–Trinajstić information content (AvgIpc) is 1.62. The van der Waals surface area contributed by atoms with Crippen LogP contribution in [0.4, 0.5) is 0 Å². The Morgan fingerprint density at radius 2 is 1.60 bits per heavy atom. The van der Waals surface area contributed by atoms with Crippen molar-refractivity contribution >= 4 is 22.5 Å². The first-order chi connectivity index (χ1) is 4.50. The second-order valence-electron chi connectivity index (χ2n) is 1.57. The van der Waals surface area contributed by atoms with Crippen LogP contribution in [0.15, 0.2) is 0 Å². The van der Waals surface area contributed by atoms with E-state index >= 15 is 0 Å². The van der Waals surface area contributed by atoms with Crippen molar-refractivity contribution in [1.29, 1.82) is 0 Å². The fraction of sp³-hybridized carbons (Fsp3) is 1.00. The van der Waals surface area contributed by atoms with Gasteiger partial charge in [-0.1, -0.05) is 0 Å². The van der Waals surface area contributed by atoms with Crippen molar-refractivity contribution in [2.75, 3.05) is 24.1 Å². The van der Waals surface area contributed by atoms with Gasteiger partial charge < -0.3 is 10.3 Å². The standard InChI is InChI=1S/C4H10ClS.IO3/c1-6(2)4-3-5;2-1(3)4/h3-4H2,1-2H3;/q+1;-1. The second kappa shape index (κ2) is 10.2. The third-order valence-electron chi connectivity index (χ3n) is 0.485. The maximum atomic E-state index is 8.57. The number of alkyl halides is 1. The Balaban J connectivity index is 0. The summed E-state index contributed by atoms with van der Waals surface area (Å²) >= 11 is 1.39. The fourth-order valence-electron chi connectivity index (χ4n) is 0.154. The molecule has 64 valence electrons. The quantitative estimate of drug-likeness (QED) is 0.290. The van der Waals surface area contributed by atoms with Crippen LogP contribution in [0.25, 0.3) is 0 Å². The number of rotatable bonds is 2. The first-order valence-corrected chi connectivity index (χ1v) is 7.72. The van der Waals surface area contributed by atoms with Gasteiger partial charge in [0.1, 0.15) is 5.75 Å². The maximum Gasteiger partial charge on any atom is 0.282 e. The van der Waals surface area contributed by atoms with E-state index in [-0.39, 0.29) is 0 Å². The Hall–Kier alpha value is 1.25. The zero-order valence-electron chi connectivity index (χ0n) is 5.80. The normalized spacial score (nSPS) is 9.60. The van der Waals surface area contributed by atoms with Crippen LogP contribution in [0.1, 0.15) is 0 Å². The molecule has 0 fully saturated rings. The molecule has 3 nitrogen and oxygen atoms in total. The molecule has 0 aromatic heterocycles. The maximum absolute atomic E-state index is 8.57. The molecule has 10 heavy (non-hydrogen) atoms. The molecule has 0 rings (SSSR count). The molecule has 0 heterocycles. The van der Waals surface area contributed by atoms with Gasteiger partial charge in [0.2, 0.25) is 0 Å². The molecule has 0 spiro atoms. The minimum Gasteiger partial charge on any atom is -0.427 e. The highest BCUT2D eigenvalue weighted by molar-refractivity contribution is 7.95. The van der Waals surface area contributed by atoms with Crippen LogP contribution in [-0.4, -0.2) is 24.1 Å². The molecule has 0 aromatic rings. The lowest BCUT2D eigenvalue weighted by atomic mass is 11.0. The molecule has 0 saturated carbocycles. The smallest absolute Gasteiger partial charge is 0.282 e. The van der Waals surface area contributed by atoms with Gasteiger partial charge in [-0.15, -0.1) is 11.6 Å². The predicted molar refractivity (Wildman–Crippen MR) is 34.8 cm³/mol. The Labute approximate surface area is 77.8 Å². The van der Waals surface area contributed by atoms with E-state index in [1.165, 1.54) is 5.75 Å². The summed E-state index contributed by atoms with van der Waals surface area (Å²) in [5.41, 5.74) is 0. The van der Waals surface area contributed by atoms with Crippen LogP contribution >= 0.6 is 11.6 Å². The van der Waals surface area contributed by atoms with Crippen LogP contribution in [0.3, 0.4) is 0 Å². The van der Waals surface area contributed by atoms with Gasteiger partial charge in [0.15, 0.2) is 0 Å². The highest BCUT2D eigenvalue weighted by Crippen LogP contribution is 1.83. The molecule has 0 amide bonds. The van der Waals surface area contributed by atoms with Crippen LogP contribution in [0, 0.1) is 0 Å². The van der Waals surface area contributed by atoms with E-state index < -0.39 is 21.1 Å². The largest absolute Gasteiger partial charge is 0.427 e. The van der Waals surface area contributed by atoms with E-state index in [1.807, 2.05) is 0 Å². The van der Waals surface area contributed by atoms with Gasteiger partial charge in [-0.05, 0) is 10.9 Å². The van der Waals surface area contributed by atoms with Crippen LogP contribution in [0.5, 0.6) is 0 Å². The zero-order valence-corrected chi connectivity index (χ0v) is 9.53. The van der Waals surface area contributed by atoms with Crippen LogP contribution < -0.4 is 31.4 Å². The van der Waals surface area contributed by atoms with Crippen molar-refractivity contribution in [3.05, 3.63) is 0 Å². The van der Waals surface area contributed by atoms with Gasteiger partial charge in [-0.3, -0.25) is 0 Å². The van der Waals surface area contributed by atoms with E-state index in [0.29, 0.717) is 10.9 Å². The number of hydrogen-bond acceptors (Lipinski definition) is 3. The predicted octanol–water partition coefficient (Wildman–Crippen LogP) is -5.46. The molecule has 0 saturated heterocycles. The number of halogens is 2. The fourth-order valence-corrected chi connectivity index (χ4v) is 1.39. The van der Waals surface area contributed by atoms with Crippen molar-refractivity contribution in [2.24, 2.45) is 0 Å². The summed E-state index contributed by atoms with van der Waals surface area (Å²) in [4.78, 5) is 0. The SMILES string of the molecule is C[S+](C)CCCl.[O-][I+2]([O-])[O-]. The minimum absolute atomic E-state index is 0.552. The highest BCUT2D eigenvalue weighted by Gasteiger charge is 1.96. The summed E-state index contributed by atoms with van der Waals surface area (Å²) in [6, 6.07) is 0. The summed E-state index contributed by atoms with van der Waals surface area (Å²) in [6.07, 6.45) is 4.39. The third kappa shape index (κ3) is 34.9. The van der Waals surface area contributed by atoms with E-state index in [0.717, 1.165) is 5.88 Å². The average molecular weight is 301 g/mol. The van der Waals surface area contributed by atoms with Crippen LogP contribution in [0.2, 0.25) is 0 Å². The van der Waals surface area contributed by atoms with E-state index in [2.05, 4.69) is 12.5 Å². The lowest BCUT2D eigenvalue weighted by molar-refractivity contribution is -1.73. The Kier molecular flexibility index (Phi) is 14.2. The molecule has 0 aromatic carbocycles. The molecule has 0 bridgehead atoms. The lowest BCUT2D eigenvalue weighted by Crippen LogP contribution is -4.05.